The highest BCUT2D eigenvalue weighted by molar-refractivity contribution is 14.0. The van der Waals surface area contributed by atoms with Crippen molar-refractivity contribution < 1.29 is 13.9 Å². The average molecular weight is 489 g/mol. The van der Waals surface area contributed by atoms with Gasteiger partial charge in [-0.1, -0.05) is 0 Å². The van der Waals surface area contributed by atoms with Crippen molar-refractivity contribution in [1.29, 1.82) is 5.26 Å². The maximum absolute atomic E-state index is 13.9. The lowest BCUT2D eigenvalue weighted by atomic mass is 10.1. The number of carbonyl (C=O) groups excluding carboxylic acids is 1. The fourth-order valence-electron chi connectivity index (χ4n) is 2.67. The molecule has 2 rings (SSSR count). The number of nitrogens with zero attached hydrogens (tertiary/aromatic N) is 4. The van der Waals surface area contributed by atoms with E-state index in [2.05, 4.69) is 10.3 Å². The molecule has 1 fully saturated rings. The predicted octanol–water partition coefficient (Wildman–Crippen LogP) is 2.55. The monoisotopic (exact) mass is 489 g/mol. The van der Waals surface area contributed by atoms with E-state index in [0.717, 1.165) is 0 Å². The van der Waals surface area contributed by atoms with Gasteiger partial charge in [-0.25, -0.2) is 14.2 Å². The third-order valence-corrected chi connectivity index (χ3v) is 4.01. The number of nitrogens with one attached hydrogen (secondary N) is 1. The molecule has 0 aliphatic carbocycles. The van der Waals surface area contributed by atoms with Gasteiger partial charge in [0.25, 0.3) is 0 Å². The minimum atomic E-state index is -0.379. The van der Waals surface area contributed by atoms with Crippen LogP contribution in [0.5, 0.6) is 0 Å². The van der Waals surface area contributed by atoms with Gasteiger partial charge < -0.3 is 19.9 Å². The molecule has 1 aromatic carbocycles. The summed E-state index contributed by atoms with van der Waals surface area (Å²) in [5.74, 6) is 0.286. The Morgan fingerprint density at radius 1 is 1.30 bits per heavy atom. The number of carbonyl (C=O) groups is 1. The molecule has 7 nitrogen and oxygen atoms in total. The molecule has 1 saturated heterocycles. The van der Waals surface area contributed by atoms with Crippen LogP contribution in [-0.2, 0) is 11.3 Å². The van der Waals surface area contributed by atoms with Crippen LogP contribution in [0.1, 0.15) is 25.0 Å². The van der Waals surface area contributed by atoms with Gasteiger partial charge >= 0.3 is 6.09 Å². The predicted molar refractivity (Wildman–Crippen MR) is 112 cm³/mol. The number of rotatable bonds is 4. The molecule has 0 atom stereocenters. The largest absolute Gasteiger partial charge is 0.450 e. The number of halogens is 2. The zero-order chi connectivity index (χ0) is 18.9. The van der Waals surface area contributed by atoms with E-state index < -0.39 is 0 Å². The molecule has 1 heterocycles. The van der Waals surface area contributed by atoms with Crippen molar-refractivity contribution in [2.45, 2.75) is 20.4 Å². The molecule has 0 saturated carbocycles. The van der Waals surface area contributed by atoms with Gasteiger partial charge in [0.2, 0.25) is 0 Å². The summed E-state index contributed by atoms with van der Waals surface area (Å²) in [6.45, 7) is 7.24. The van der Waals surface area contributed by atoms with Crippen LogP contribution in [0.25, 0.3) is 0 Å². The Labute approximate surface area is 176 Å². The molecule has 27 heavy (non-hydrogen) atoms. The van der Waals surface area contributed by atoms with E-state index in [1.54, 1.807) is 11.8 Å². The van der Waals surface area contributed by atoms with Gasteiger partial charge in [0.05, 0.1) is 24.8 Å². The van der Waals surface area contributed by atoms with E-state index in [9.17, 15) is 9.18 Å². The smallest absolute Gasteiger partial charge is 0.409 e. The summed E-state index contributed by atoms with van der Waals surface area (Å²) in [6, 6.07) is 6.25. The zero-order valence-corrected chi connectivity index (χ0v) is 17.9. The van der Waals surface area contributed by atoms with Gasteiger partial charge in [0.15, 0.2) is 5.96 Å². The number of amides is 1. The van der Waals surface area contributed by atoms with E-state index in [4.69, 9.17) is 10.00 Å². The van der Waals surface area contributed by atoms with Gasteiger partial charge in [-0.3, -0.25) is 0 Å². The van der Waals surface area contributed by atoms with Crippen molar-refractivity contribution in [3.63, 3.8) is 0 Å². The van der Waals surface area contributed by atoms with E-state index in [1.807, 2.05) is 17.9 Å². The van der Waals surface area contributed by atoms with Crippen LogP contribution in [-0.4, -0.2) is 61.2 Å². The Balaban J connectivity index is 0.00000364. The van der Waals surface area contributed by atoms with Crippen molar-refractivity contribution in [3.05, 3.63) is 35.1 Å². The van der Waals surface area contributed by atoms with Crippen molar-refractivity contribution in [1.82, 2.24) is 15.1 Å². The van der Waals surface area contributed by atoms with Crippen LogP contribution in [0.4, 0.5) is 9.18 Å². The topological polar surface area (TPSA) is 81.0 Å². The van der Waals surface area contributed by atoms with E-state index in [-0.39, 0.29) is 42.4 Å². The SMILES string of the molecule is CCNC(=NCc1cc(C#N)ccc1F)N1CCN(C(=O)OCC)CC1.I. The number of hydrogen-bond acceptors (Lipinski definition) is 4. The number of hydrogen-bond donors (Lipinski definition) is 1. The summed E-state index contributed by atoms with van der Waals surface area (Å²) >= 11 is 0. The number of guanidine groups is 1. The number of piperazine rings is 1. The molecule has 9 heteroatoms. The summed E-state index contributed by atoms with van der Waals surface area (Å²) in [5, 5.41) is 12.1. The molecule has 1 aromatic rings. The first-order valence-electron chi connectivity index (χ1n) is 8.72. The minimum Gasteiger partial charge on any atom is -0.450 e. The number of aliphatic imine (C=N–C) groups is 1. The summed E-state index contributed by atoms with van der Waals surface area (Å²) in [6.07, 6.45) is -0.301. The second-order valence-corrected chi connectivity index (χ2v) is 5.76. The molecular weight excluding hydrogens is 464 g/mol. The second kappa shape index (κ2) is 11.6. The van der Waals surface area contributed by atoms with Crippen LogP contribution in [0.15, 0.2) is 23.2 Å². The van der Waals surface area contributed by atoms with Crippen molar-refractivity contribution >= 4 is 36.0 Å². The van der Waals surface area contributed by atoms with Crippen LogP contribution < -0.4 is 5.32 Å². The minimum absolute atomic E-state index is 0. The molecule has 148 valence electrons. The number of nitriles is 1. The van der Waals surface area contributed by atoms with E-state index >= 15 is 0 Å². The van der Waals surface area contributed by atoms with Gasteiger partial charge in [-0.15, -0.1) is 24.0 Å². The maximum atomic E-state index is 13.9. The Hall–Kier alpha value is -2.09. The molecule has 1 N–H and O–H groups in total. The molecule has 0 bridgehead atoms. The third kappa shape index (κ3) is 6.53. The fourth-order valence-corrected chi connectivity index (χ4v) is 2.67. The summed E-state index contributed by atoms with van der Waals surface area (Å²) in [7, 11) is 0. The number of ether oxygens (including phenoxy) is 1. The third-order valence-electron chi connectivity index (χ3n) is 4.01. The number of benzene rings is 1. The molecule has 1 amide bonds. The fraction of sp³-hybridized carbons (Fsp3) is 0.500. The molecule has 0 radical (unpaired) electrons. The van der Waals surface area contributed by atoms with Crippen LogP contribution >= 0.6 is 24.0 Å². The highest BCUT2D eigenvalue weighted by Gasteiger charge is 2.23. The van der Waals surface area contributed by atoms with Crippen molar-refractivity contribution in [2.24, 2.45) is 4.99 Å². The zero-order valence-electron chi connectivity index (χ0n) is 15.6. The quantitative estimate of drug-likeness (QED) is 0.400. The van der Waals surface area contributed by atoms with E-state index in [0.29, 0.717) is 56.4 Å². The van der Waals surface area contributed by atoms with E-state index in [1.165, 1.54) is 18.2 Å². The van der Waals surface area contributed by atoms with Gasteiger partial charge in [-0.2, -0.15) is 5.26 Å². The highest BCUT2D eigenvalue weighted by Crippen LogP contribution is 2.12. The van der Waals surface area contributed by atoms with Crippen LogP contribution in [0, 0.1) is 17.1 Å². The molecule has 1 aliphatic heterocycles. The standard InChI is InChI=1S/C18H24FN5O2.HI/c1-3-21-17(22-13-15-11-14(12-20)5-6-16(15)19)23-7-9-24(10-8-23)18(25)26-4-2;/h5-6,11H,3-4,7-10,13H2,1-2H3,(H,21,22);1H. The van der Waals surface area contributed by atoms with Gasteiger partial charge in [-0.05, 0) is 32.0 Å². The van der Waals surface area contributed by atoms with Crippen molar-refractivity contribution in [2.75, 3.05) is 39.3 Å². The normalized spacial score (nSPS) is 14.2. The summed E-state index contributed by atoms with van der Waals surface area (Å²) in [5.41, 5.74) is 0.786. The Morgan fingerprint density at radius 2 is 1.96 bits per heavy atom. The lowest BCUT2D eigenvalue weighted by molar-refractivity contribution is 0.0914. The average Bonchev–Trinajstić information content (AvgIpc) is 2.66. The Bertz CT molecular complexity index is 699. The molecular formula is C18H25FIN5O2. The van der Waals surface area contributed by atoms with Crippen molar-refractivity contribution in [3.8, 4) is 6.07 Å². The first kappa shape index (κ1) is 23.0. The second-order valence-electron chi connectivity index (χ2n) is 5.76. The Kier molecular flexibility index (Phi) is 9.85. The van der Waals surface area contributed by atoms with Gasteiger partial charge in [0, 0.05) is 38.3 Å². The summed E-state index contributed by atoms with van der Waals surface area (Å²) < 4.78 is 18.9. The molecule has 0 aromatic heterocycles. The maximum Gasteiger partial charge on any atom is 0.409 e. The van der Waals surface area contributed by atoms with Gasteiger partial charge in [0.1, 0.15) is 5.82 Å². The van der Waals surface area contributed by atoms with Crippen LogP contribution in [0.2, 0.25) is 0 Å². The lowest BCUT2D eigenvalue weighted by Gasteiger charge is -2.35. The summed E-state index contributed by atoms with van der Waals surface area (Å²) in [4.78, 5) is 20.0. The lowest BCUT2D eigenvalue weighted by Crippen LogP contribution is -2.53. The molecule has 0 unspecified atom stereocenters. The molecule has 1 aliphatic rings. The first-order valence-corrected chi connectivity index (χ1v) is 8.72. The highest BCUT2D eigenvalue weighted by atomic mass is 127. The first-order chi connectivity index (χ1) is 12.6. The Morgan fingerprint density at radius 3 is 2.56 bits per heavy atom. The van der Waals surface area contributed by atoms with Crippen LogP contribution in [0.3, 0.4) is 0 Å². The molecule has 0 spiro atoms.